The van der Waals surface area contributed by atoms with Crippen LogP contribution in [-0.4, -0.2) is 5.75 Å². The number of hydrogen-bond acceptors (Lipinski definition) is 7. The van der Waals surface area contributed by atoms with Gasteiger partial charge in [-0.25, -0.2) is 0 Å². The molecule has 0 aromatic heterocycles. The molecular formula is C12H18S7. The highest BCUT2D eigenvalue weighted by atomic mass is 33.9. The molecule has 0 unspecified atom stereocenters. The fourth-order valence-corrected chi connectivity index (χ4v) is 14.9. The van der Waals surface area contributed by atoms with Crippen molar-refractivity contribution in [3.63, 3.8) is 0 Å². The van der Waals surface area contributed by atoms with Gasteiger partial charge in [-0.15, -0.1) is 0 Å². The van der Waals surface area contributed by atoms with E-state index in [1.807, 2.05) is 59.9 Å². The van der Waals surface area contributed by atoms with E-state index in [4.69, 9.17) is 0 Å². The van der Waals surface area contributed by atoms with Crippen molar-refractivity contribution in [2.45, 2.75) is 32.1 Å². The summed E-state index contributed by atoms with van der Waals surface area (Å²) in [6, 6.07) is 0. The van der Waals surface area contributed by atoms with Crippen LogP contribution in [0.15, 0.2) is 35.8 Å². The highest BCUT2D eigenvalue weighted by Gasteiger charge is 1.95. The van der Waals surface area contributed by atoms with Gasteiger partial charge in [0, 0.05) is 5.75 Å². The highest BCUT2D eigenvalue weighted by molar-refractivity contribution is 9.46. The molecule has 0 fully saturated rings. The Hall–Kier alpha value is 1.67. The zero-order valence-electron chi connectivity index (χ0n) is 10.6. The molecule has 0 aromatic rings. The van der Waals surface area contributed by atoms with Gasteiger partial charge in [0.2, 0.25) is 0 Å². The molecule has 1 aliphatic rings. The van der Waals surface area contributed by atoms with Crippen molar-refractivity contribution >= 4 is 70.7 Å². The fourth-order valence-electron chi connectivity index (χ4n) is 1.28. The molecule has 7 heteroatoms. The maximum atomic E-state index is 2.27. The third-order valence-corrected chi connectivity index (χ3v) is 14.9. The van der Waals surface area contributed by atoms with Gasteiger partial charge in [-0.3, -0.25) is 0 Å². The first-order valence-electron chi connectivity index (χ1n) is 6.10. The summed E-state index contributed by atoms with van der Waals surface area (Å²) >= 11 is 0. The minimum absolute atomic E-state index is 1.21. The normalized spacial score (nSPS) is 26.5. The Labute approximate surface area is 143 Å². The third kappa shape index (κ3) is 14.4. The summed E-state index contributed by atoms with van der Waals surface area (Å²) in [5.41, 5.74) is 0. The molecule has 0 amide bonds. The first-order valence-corrected chi connectivity index (χ1v) is 15.1. The van der Waals surface area contributed by atoms with Crippen molar-refractivity contribution in [2.75, 3.05) is 5.75 Å². The maximum Gasteiger partial charge on any atom is 0.00454 e. The van der Waals surface area contributed by atoms with Crippen molar-refractivity contribution in [3.05, 3.63) is 35.8 Å². The summed E-state index contributed by atoms with van der Waals surface area (Å²) in [6.45, 7) is 0. The van der Waals surface area contributed by atoms with Crippen LogP contribution in [0.3, 0.4) is 0 Å². The van der Waals surface area contributed by atoms with E-state index >= 15 is 0 Å². The van der Waals surface area contributed by atoms with Gasteiger partial charge in [0.25, 0.3) is 0 Å². The van der Waals surface area contributed by atoms with Gasteiger partial charge in [0.15, 0.2) is 0 Å². The molecule has 1 aliphatic heterocycles. The van der Waals surface area contributed by atoms with Crippen LogP contribution in [0.5, 0.6) is 0 Å². The minimum atomic E-state index is 1.21. The summed E-state index contributed by atoms with van der Waals surface area (Å²) in [5, 5.41) is 2.13. The lowest BCUT2D eigenvalue weighted by Gasteiger charge is -2.00. The molecule has 0 atom stereocenters. The standard InChI is InChI=1S/C12H18S7/c1-2-4-6-8-10-12-14-16-18-19-17-15-13-11-9-7-5-3-1/h1,3,5,7,9,11H,2,4,6,8,10,12H2/b3-1+,7-5-,11-9+. The van der Waals surface area contributed by atoms with Crippen LogP contribution < -0.4 is 0 Å². The summed E-state index contributed by atoms with van der Waals surface area (Å²) in [6.07, 6.45) is 17.4. The van der Waals surface area contributed by atoms with Crippen LogP contribution in [0, 0.1) is 0 Å². The lowest BCUT2D eigenvalue weighted by Crippen LogP contribution is -1.79. The second kappa shape index (κ2) is 16.0. The van der Waals surface area contributed by atoms with E-state index in [0.29, 0.717) is 0 Å². The van der Waals surface area contributed by atoms with Gasteiger partial charge >= 0.3 is 0 Å². The monoisotopic (exact) mass is 386 g/mol. The van der Waals surface area contributed by atoms with Gasteiger partial charge in [0.1, 0.15) is 0 Å². The molecule has 19 heavy (non-hydrogen) atoms. The Balaban J connectivity index is 2.19. The van der Waals surface area contributed by atoms with Crippen molar-refractivity contribution in [3.8, 4) is 0 Å². The van der Waals surface area contributed by atoms with Gasteiger partial charge in [-0.2, -0.15) is 0 Å². The van der Waals surface area contributed by atoms with Gasteiger partial charge in [0.05, 0.1) is 0 Å². The molecule has 0 bridgehead atoms. The summed E-state index contributed by atoms with van der Waals surface area (Å²) in [5.74, 6) is 1.28. The Morgan fingerprint density at radius 1 is 0.632 bits per heavy atom. The molecule has 0 spiro atoms. The van der Waals surface area contributed by atoms with Crippen LogP contribution in [-0.2, 0) is 0 Å². The van der Waals surface area contributed by atoms with E-state index in [-0.39, 0.29) is 0 Å². The van der Waals surface area contributed by atoms with Crippen molar-refractivity contribution < 1.29 is 0 Å². The molecule has 0 saturated heterocycles. The van der Waals surface area contributed by atoms with Crippen LogP contribution in [0.1, 0.15) is 32.1 Å². The van der Waals surface area contributed by atoms with E-state index in [9.17, 15) is 0 Å². The maximum absolute atomic E-state index is 2.27. The largest absolute Gasteiger partial charge is 0.0845 e. The topological polar surface area (TPSA) is 0 Å². The lowest BCUT2D eigenvalue weighted by atomic mass is 10.1. The second-order valence-electron chi connectivity index (χ2n) is 3.60. The van der Waals surface area contributed by atoms with Crippen LogP contribution in [0.4, 0.5) is 0 Å². The average Bonchev–Trinajstić information content (AvgIpc) is 2.43. The number of hydrogen-bond donors (Lipinski definition) is 0. The molecular weight excluding hydrogens is 369 g/mol. The first-order chi connectivity index (χ1) is 9.50. The molecule has 1 rings (SSSR count). The molecule has 108 valence electrons. The van der Waals surface area contributed by atoms with Gasteiger partial charge in [-0.05, 0) is 73.8 Å². The lowest BCUT2D eigenvalue weighted by molar-refractivity contribution is 0.678. The summed E-state index contributed by atoms with van der Waals surface area (Å²) in [4.78, 5) is 0. The Morgan fingerprint density at radius 2 is 1.42 bits per heavy atom. The summed E-state index contributed by atoms with van der Waals surface area (Å²) < 4.78 is 0. The van der Waals surface area contributed by atoms with E-state index in [0.717, 1.165) is 0 Å². The quantitative estimate of drug-likeness (QED) is 0.380. The van der Waals surface area contributed by atoms with E-state index in [2.05, 4.69) is 35.8 Å². The Morgan fingerprint density at radius 3 is 2.42 bits per heavy atom. The molecule has 1 heterocycles. The molecule has 0 radical (unpaired) electrons. The smallest absolute Gasteiger partial charge is 0.00454 e. The van der Waals surface area contributed by atoms with Gasteiger partial charge in [-0.1, -0.05) is 64.8 Å². The third-order valence-electron chi connectivity index (χ3n) is 2.15. The predicted octanol–water partition coefficient (Wildman–Crippen LogP) is 8.20. The first kappa shape index (κ1) is 18.7. The molecule has 0 nitrogen and oxygen atoms in total. The Kier molecular flexibility index (Phi) is 15.8. The Bertz CT molecular complexity index is 249. The van der Waals surface area contributed by atoms with Crippen molar-refractivity contribution in [1.82, 2.24) is 0 Å². The van der Waals surface area contributed by atoms with Crippen LogP contribution >= 0.6 is 70.7 Å². The van der Waals surface area contributed by atoms with Gasteiger partial charge < -0.3 is 0 Å². The number of rotatable bonds is 0. The zero-order valence-corrected chi connectivity index (χ0v) is 16.3. The average molecular weight is 387 g/mol. The highest BCUT2D eigenvalue weighted by Crippen LogP contribution is 2.55. The minimum Gasteiger partial charge on any atom is -0.0845 e. The predicted molar refractivity (Wildman–Crippen MR) is 109 cm³/mol. The molecule has 0 N–H and O–H groups in total. The van der Waals surface area contributed by atoms with E-state index < -0.39 is 0 Å². The van der Waals surface area contributed by atoms with Crippen molar-refractivity contribution in [1.29, 1.82) is 0 Å². The fraction of sp³-hybridized carbons (Fsp3) is 0.500. The number of allylic oxidation sites excluding steroid dienone is 5. The molecule has 0 aliphatic carbocycles. The molecule has 0 saturated carbocycles. The van der Waals surface area contributed by atoms with Crippen molar-refractivity contribution in [2.24, 2.45) is 0 Å². The second-order valence-corrected chi connectivity index (χ2v) is 14.8. The summed E-state index contributed by atoms with van der Waals surface area (Å²) in [7, 11) is 13.1. The zero-order chi connectivity index (χ0) is 13.4. The molecule has 0 aromatic carbocycles. The van der Waals surface area contributed by atoms with Crippen LogP contribution in [0.25, 0.3) is 0 Å². The van der Waals surface area contributed by atoms with Crippen LogP contribution in [0.2, 0.25) is 0 Å². The van der Waals surface area contributed by atoms with E-state index in [1.54, 1.807) is 10.8 Å². The van der Waals surface area contributed by atoms with E-state index in [1.165, 1.54) is 37.9 Å². The SMILES string of the molecule is C1=C\C=C\SSSSSSSCCCCCC/C=C/1.